The number of carbonyl (C=O) groups is 2. The van der Waals surface area contributed by atoms with Crippen LogP contribution in [-0.2, 0) is 0 Å². The average molecular weight is 515 g/mol. The number of fused-ring (bicyclic) bond motifs is 4. The maximum absolute atomic E-state index is 13.7. The standard InChI is InChI=1S/C29H17Cl2FN2O2/c30-21-11-7-16(13-22(21)31)25-14-24(15-5-8-17(32)9-6-15)34-27-23(33-25)12-10-20-26(27)29(36)19-4-2-1-3-18(19)28(20)35/h1-13,25,33H,14H2/t25-/m1/s1. The molecule has 1 atom stereocenters. The molecule has 6 rings (SSSR count). The zero-order valence-electron chi connectivity index (χ0n) is 18.7. The Morgan fingerprint density at radius 1 is 0.806 bits per heavy atom. The fourth-order valence-corrected chi connectivity index (χ4v) is 5.08. The maximum atomic E-state index is 13.7. The normalized spacial score (nSPS) is 16.3. The molecule has 4 nitrogen and oxygen atoms in total. The molecule has 1 aliphatic heterocycles. The van der Waals surface area contributed by atoms with Gasteiger partial charge in [0, 0.05) is 23.1 Å². The number of benzene rings is 4. The Hall–Kier alpha value is -3.80. The molecule has 0 aromatic heterocycles. The van der Waals surface area contributed by atoms with Crippen LogP contribution in [0.4, 0.5) is 15.8 Å². The third-order valence-electron chi connectivity index (χ3n) is 6.56. The third-order valence-corrected chi connectivity index (χ3v) is 7.30. The van der Waals surface area contributed by atoms with Crippen LogP contribution in [-0.4, -0.2) is 17.3 Å². The number of hydrogen-bond acceptors (Lipinski definition) is 4. The van der Waals surface area contributed by atoms with Crippen molar-refractivity contribution in [1.82, 2.24) is 0 Å². The van der Waals surface area contributed by atoms with Crippen LogP contribution >= 0.6 is 23.2 Å². The summed E-state index contributed by atoms with van der Waals surface area (Å²) < 4.78 is 13.7. The lowest BCUT2D eigenvalue weighted by Gasteiger charge is -2.22. The Morgan fingerprint density at radius 2 is 1.53 bits per heavy atom. The van der Waals surface area contributed by atoms with Crippen molar-refractivity contribution in [1.29, 1.82) is 0 Å². The summed E-state index contributed by atoms with van der Waals surface area (Å²) in [7, 11) is 0. The van der Waals surface area contributed by atoms with Gasteiger partial charge in [0.2, 0.25) is 0 Å². The summed E-state index contributed by atoms with van der Waals surface area (Å²) in [6.07, 6.45) is 0.422. The molecule has 0 bridgehead atoms. The van der Waals surface area contributed by atoms with Crippen molar-refractivity contribution in [2.24, 2.45) is 4.99 Å². The third kappa shape index (κ3) is 3.72. The number of halogens is 3. The molecule has 1 aliphatic carbocycles. The van der Waals surface area contributed by atoms with Crippen LogP contribution in [0.5, 0.6) is 0 Å². The van der Waals surface area contributed by atoms with Gasteiger partial charge in [0.05, 0.1) is 38.7 Å². The zero-order chi connectivity index (χ0) is 25.0. The van der Waals surface area contributed by atoms with E-state index in [1.807, 2.05) is 6.07 Å². The van der Waals surface area contributed by atoms with Gasteiger partial charge in [-0.3, -0.25) is 9.59 Å². The molecular weight excluding hydrogens is 498 g/mol. The smallest absolute Gasteiger partial charge is 0.196 e. The number of nitrogens with zero attached hydrogens (tertiary/aromatic N) is 1. The van der Waals surface area contributed by atoms with E-state index in [0.29, 0.717) is 55.8 Å². The van der Waals surface area contributed by atoms with Crippen molar-refractivity contribution in [2.45, 2.75) is 12.5 Å². The fourth-order valence-electron chi connectivity index (χ4n) is 4.77. The number of carbonyl (C=O) groups excluding carboxylic acids is 2. The number of ketones is 2. The van der Waals surface area contributed by atoms with Gasteiger partial charge in [-0.1, -0.05) is 65.7 Å². The lowest BCUT2D eigenvalue weighted by atomic mass is 9.83. The predicted molar refractivity (Wildman–Crippen MR) is 140 cm³/mol. The first-order chi connectivity index (χ1) is 17.4. The van der Waals surface area contributed by atoms with Crippen LogP contribution in [0.2, 0.25) is 10.0 Å². The van der Waals surface area contributed by atoms with E-state index in [-0.39, 0.29) is 29.0 Å². The van der Waals surface area contributed by atoms with Crippen LogP contribution in [0.25, 0.3) is 0 Å². The second-order valence-corrected chi connectivity index (χ2v) is 9.54. The summed E-state index contributed by atoms with van der Waals surface area (Å²) >= 11 is 12.5. The number of anilines is 1. The number of aliphatic imine (C=N–C) groups is 1. The Labute approximate surface area is 216 Å². The van der Waals surface area contributed by atoms with Crippen molar-refractivity contribution < 1.29 is 14.0 Å². The van der Waals surface area contributed by atoms with Gasteiger partial charge in [-0.25, -0.2) is 9.38 Å². The molecule has 4 aromatic rings. The minimum absolute atomic E-state index is 0.216. The summed E-state index contributed by atoms with van der Waals surface area (Å²) in [4.78, 5) is 31.8. The molecule has 36 heavy (non-hydrogen) atoms. The molecule has 4 aromatic carbocycles. The van der Waals surface area contributed by atoms with Crippen molar-refractivity contribution in [3.63, 3.8) is 0 Å². The van der Waals surface area contributed by atoms with Crippen molar-refractivity contribution in [3.05, 3.63) is 128 Å². The van der Waals surface area contributed by atoms with Gasteiger partial charge in [0.1, 0.15) is 5.82 Å². The van der Waals surface area contributed by atoms with E-state index in [1.165, 1.54) is 12.1 Å². The molecule has 2 aliphatic rings. The maximum Gasteiger partial charge on any atom is 0.196 e. The minimum atomic E-state index is -0.359. The van der Waals surface area contributed by atoms with E-state index in [0.717, 1.165) is 5.56 Å². The van der Waals surface area contributed by atoms with Crippen molar-refractivity contribution in [3.8, 4) is 0 Å². The molecule has 0 radical (unpaired) electrons. The van der Waals surface area contributed by atoms with E-state index in [9.17, 15) is 14.0 Å². The van der Waals surface area contributed by atoms with E-state index in [2.05, 4.69) is 5.32 Å². The molecule has 7 heteroatoms. The molecule has 1 heterocycles. The lowest BCUT2D eigenvalue weighted by Crippen LogP contribution is -2.21. The lowest BCUT2D eigenvalue weighted by molar-refractivity contribution is 0.0979. The highest BCUT2D eigenvalue weighted by Gasteiger charge is 2.34. The van der Waals surface area contributed by atoms with Crippen molar-refractivity contribution in [2.75, 3.05) is 5.32 Å². The highest BCUT2D eigenvalue weighted by Crippen LogP contribution is 2.43. The SMILES string of the molecule is O=C1c2ccccc2C(=O)c2c1ccc1c2N=C(c2ccc(F)cc2)C[C@H](c2ccc(Cl)c(Cl)c2)N1. The molecule has 1 N–H and O–H groups in total. The highest BCUT2D eigenvalue weighted by atomic mass is 35.5. The van der Waals surface area contributed by atoms with Gasteiger partial charge in [-0.05, 0) is 47.5 Å². The average Bonchev–Trinajstić information content (AvgIpc) is 3.09. The zero-order valence-corrected chi connectivity index (χ0v) is 20.2. The van der Waals surface area contributed by atoms with Gasteiger partial charge < -0.3 is 5.32 Å². The van der Waals surface area contributed by atoms with Crippen LogP contribution in [0, 0.1) is 5.82 Å². The Kier molecular flexibility index (Phi) is 5.47. The Balaban J connectivity index is 1.57. The van der Waals surface area contributed by atoms with Gasteiger partial charge >= 0.3 is 0 Å². The molecule has 0 fully saturated rings. The van der Waals surface area contributed by atoms with Gasteiger partial charge in [0.25, 0.3) is 0 Å². The molecule has 0 amide bonds. The second-order valence-electron chi connectivity index (χ2n) is 8.73. The van der Waals surface area contributed by atoms with Crippen LogP contribution in [0.3, 0.4) is 0 Å². The Bertz CT molecular complexity index is 1610. The topological polar surface area (TPSA) is 58.5 Å². The summed E-state index contributed by atoms with van der Waals surface area (Å²) in [6, 6.07) is 21.4. The Morgan fingerprint density at radius 3 is 2.25 bits per heavy atom. The van der Waals surface area contributed by atoms with E-state index in [1.54, 1.807) is 60.7 Å². The first kappa shape index (κ1) is 22.7. The predicted octanol–water partition coefficient (Wildman–Crippen LogP) is 7.59. The molecular formula is C29H17Cl2FN2O2. The molecule has 0 saturated heterocycles. The minimum Gasteiger partial charge on any atom is -0.376 e. The number of rotatable bonds is 2. The number of nitrogens with one attached hydrogen (secondary N) is 1. The molecule has 0 unspecified atom stereocenters. The summed E-state index contributed by atoms with van der Waals surface area (Å²) in [5.41, 5.74) is 4.54. The summed E-state index contributed by atoms with van der Waals surface area (Å²) in [6.45, 7) is 0. The molecule has 176 valence electrons. The monoisotopic (exact) mass is 514 g/mol. The van der Waals surface area contributed by atoms with Crippen LogP contribution in [0.15, 0.2) is 83.9 Å². The number of hydrogen-bond donors (Lipinski definition) is 1. The van der Waals surface area contributed by atoms with Crippen molar-refractivity contribution >= 4 is 51.9 Å². The molecule has 0 saturated carbocycles. The van der Waals surface area contributed by atoms with E-state index < -0.39 is 0 Å². The fraction of sp³-hybridized carbons (Fsp3) is 0.0690. The van der Waals surface area contributed by atoms with Crippen LogP contribution in [0.1, 0.15) is 55.4 Å². The van der Waals surface area contributed by atoms with Gasteiger partial charge in [0.15, 0.2) is 11.6 Å². The van der Waals surface area contributed by atoms with E-state index >= 15 is 0 Å². The first-order valence-electron chi connectivity index (χ1n) is 11.3. The quantitative estimate of drug-likeness (QED) is 0.264. The van der Waals surface area contributed by atoms with E-state index in [4.69, 9.17) is 28.2 Å². The van der Waals surface area contributed by atoms with Crippen LogP contribution < -0.4 is 5.32 Å². The largest absolute Gasteiger partial charge is 0.376 e. The highest BCUT2D eigenvalue weighted by molar-refractivity contribution is 6.42. The van der Waals surface area contributed by atoms with Gasteiger partial charge in [-0.15, -0.1) is 0 Å². The summed E-state index contributed by atoms with van der Waals surface area (Å²) in [5, 5.41) is 4.35. The first-order valence-corrected chi connectivity index (χ1v) is 12.1. The second kappa shape index (κ2) is 8.70. The van der Waals surface area contributed by atoms with Gasteiger partial charge in [-0.2, -0.15) is 0 Å². The summed E-state index contributed by atoms with van der Waals surface area (Å²) in [5.74, 6) is -0.830. The molecule has 0 spiro atoms.